The summed E-state index contributed by atoms with van der Waals surface area (Å²) in [4.78, 5) is 10.3. The van der Waals surface area contributed by atoms with Crippen molar-refractivity contribution in [1.29, 1.82) is 0 Å². The molecule has 0 aromatic rings. The lowest BCUT2D eigenvalue weighted by atomic mass is 10.1. The topological polar surface area (TPSA) is 37.3 Å². The summed E-state index contributed by atoms with van der Waals surface area (Å²) in [6, 6.07) is 0. The number of hydrogen-bond acceptors (Lipinski definition) is 2. The van der Waals surface area contributed by atoms with Crippen molar-refractivity contribution in [3.05, 3.63) is 23.0 Å². The molecular formula is C17H30O2S. The number of carbonyl (C=O) groups is 1. The Hall–Kier alpha value is -0.700. The van der Waals surface area contributed by atoms with Crippen LogP contribution in [0.3, 0.4) is 0 Å². The molecule has 0 heterocycles. The fourth-order valence-corrected chi connectivity index (χ4v) is 2.46. The van der Waals surface area contributed by atoms with Gasteiger partial charge in [-0.15, -0.1) is 11.8 Å². The van der Waals surface area contributed by atoms with Crippen LogP contribution >= 0.6 is 11.8 Å². The molecule has 0 aliphatic carbocycles. The molecule has 3 heteroatoms. The number of allylic oxidation sites excluding steroid dienone is 2. The zero-order valence-electron chi connectivity index (χ0n) is 12.9. The van der Waals surface area contributed by atoms with Gasteiger partial charge in [-0.1, -0.05) is 51.2 Å². The smallest absolute Gasteiger partial charge is 0.303 e. The SMILES string of the molecule is CCCCC/C=C/S/C=C/CCCCCCCC(=O)O. The summed E-state index contributed by atoms with van der Waals surface area (Å²) < 4.78 is 0. The predicted octanol–water partition coefficient (Wildman–Crippen LogP) is 6.14. The molecule has 0 unspecified atom stereocenters. The molecule has 1 N–H and O–H groups in total. The molecule has 0 amide bonds. The van der Waals surface area contributed by atoms with E-state index >= 15 is 0 Å². The molecule has 0 aromatic carbocycles. The van der Waals surface area contributed by atoms with E-state index in [-0.39, 0.29) is 0 Å². The maximum Gasteiger partial charge on any atom is 0.303 e. The summed E-state index contributed by atoms with van der Waals surface area (Å²) in [7, 11) is 0. The van der Waals surface area contributed by atoms with Gasteiger partial charge in [0.2, 0.25) is 0 Å². The monoisotopic (exact) mass is 298 g/mol. The number of unbranched alkanes of at least 4 members (excludes halogenated alkanes) is 8. The molecule has 0 saturated heterocycles. The number of hydrogen-bond donors (Lipinski definition) is 1. The van der Waals surface area contributed by atoms with Crippen molar-refractivity contribution in [2.24, 2.45) is 0 Å². The maximum absolute atomic E-state index is 10.3. The van der Waals surface area contributed by atoms with E-state index in [2.05, 4.69) is 29.9 Å². The van der Waals surface area contributed by atoms with E-state index in [9.17, 15) is 4.79 Å². The van der Waals surface area contributed by atoms with Gasteiger partial charge in [-0.05, 0) is 42.9 Å². The third-order valence-corrected chi connectivity index (χ3v) is 3.78. The van der Waals surface area contributed by atoms with Crippen LogP contribution in [0.1, 0.15) is 77.6 Å². The lowest BCUT2D eigenvalue weighted by molar-refractivity contribution is -0.137. The van der Waals surface area contributed by atoms with Crippen LogP contribution in [0.5, 0.6) is 0 Å². The summed E-state index contributed by atoms with van der Waals surface area (Å²) in [5.74, 6) is -0.673. The Morgan fingerprint density at radius 3 is 2.05 bits per heavy atom. The second-order valence-corrected chi connectivity index (χ2v) is 5.89. The molecule has 0 aliphatic heterocycles. The average molecular weight is 298 g/mol. The highest BCUT2D eigenvalue weighted by Crippen LogP contribution is 2.11. The summed E-state index contributed by atoms with van der Waals surface area (Å²) in [6.07, 6.45) is 16.5. The maximum atomic E-state index is 10.3. The summed E-state index contributed by atoms with van der Waals surface area (Å²) in [6.45, 7) is 2.23. The normalized spacial score (nSPS) is 11.7. The minimum atomic E-state index is -0.673. The Bertz CT molecular complexity index is 272. The van der Waals surface area contributed by atoms with Crippen molar-refractivity contribution in [3.63, 3.8) is 0 Å². The van der Waals surface area contributed by atoms with Gasteiger partial charge in [0, 0.05) is 6.42 Å². The quantitative estimate of drug-likeness (QED) is 0.391. The summed E-state index contributed by atoms with van der Waals surface area (Å²) in [5.41, 5.74) is 0. The molecule has 0 rings (SSSR count). The molecule has 0 spiro atoms. The van der Waals surface area contributed by atoms with Gasteiger partial charge < -0.3 is 5.11 Å². The van der Waals surface area contributed by atoms with Crippen molar-refractivity contribution >= 4 is 17.7 Å². The van der Waals surface area contributed by atoms with Crippen LogP contribution in [0.15, 0.2) is 23.0 Å². The zero-order chi connectivity index (χ0) is 14.9. The first-order valence-corrected chi connectivity index (χ1v) is 8.89. The van der Waals surface area contributed by atoms with E-state index in [0.717, 1.165) is 25.7 Å². The van der Waals surface area contributed by atoms with Crippen molar-refractivity contribution < 1.29 is 9.90 Å². The zero-order valence-corrected chi connectivity index (χ0v) is 13.7. The summed E-state index contributed by atoms with van der Waals surface area (Å²) >= 11 is 1.76. The van der Waals surface area contributed by atoms with Crippen molar-refractivity contribution in [2.75, 3.05) is 0 Å². The molecule has 0 aliphatic rings. The van der Waals surface area contributed by atoms with E-state index in [0.29, 0.717) is 6.42 Å². The van der Waals surface area contributed by atoms with Crippen LogP contribution in [0.4, 0.5) is 0 Å². The minimum Gasteiger partial charge on any atom is -0.481 e. The largest absolute Gasteiger partial charge is 0.481 e. The number of aliphatic carboxylic acids is 1. The molecule has 0 bridgehead atoms. The van der Waals surface area contributed by atoms with Gasteiger partial charge in [-0.25, -0.2) is 0 Å². The Balaban J connectivity index is 3.17. The van der Waals surface area contributed by atoms with Crippen LogP contribution in [0.2, 0.25) is 0 Å². The van der Waals surface area contributed by atoms with Crippen molar-refractivity contribution in [3.8, 4) is 0 Å². The first-order chi connectivity index (χ1) is 9.77. The molecule has 0 radical (unpaired) electrons. The van der Waals surface area contributed by atoms with E-state index in [1.165, 1.54) is 38.5 Å². The molecular weight excluding hydrogens is 268 g/mol. The van der Waals surface area contributed by atoms with Crippen molar-refractivity contribution in [2.45, 2.75) is 77.6 Å². The predicted molar refractivity (Wildman–Crippen MR) is 90.0 cm³/mol. The second kappa shape index (κ2) is 16.4. The third-order valence-electron chi connectivity index (χ3n) is 3.09. The second-order valence-electron chi connectivity index (χ2n) is 5.08. The number of thioether (sulfide) groups is 1. The van der Waals surface area contributed by atoms with Crippen LogP contribution in [0.25, 0.3) is 0 Å². The summed E-state index contributed by atoms with van der Waals surface area (Å²) in [5, 5.41) is 12.8. The first kappa shape index (κ1) is 19.3. The van der Waals surface area contributed by atoms with Gasteiger partial charge in [0.05, 0.1) is 0 Å². The average Bonchev–Trinajstić information content (AvgIpc) is 2.43. The number of carboxylic acids is 1. The molecule has 0 aromatic heterocycles. The van der Waals surface area contributed by atoms with Gasteiger partial charge in [0.25, 0.3) is 0 Å². The van der Waals surface area contributed by atoms with E-state index in [4.69, 9.17) is 5.11 Å². The highest BCUT2D eigenvalue weighted by atomic mass is 32.2. The molecule has 116 valence electrons. The van der Waals surface area contributed by atoms with Gasteiger partial charge >= 0.3 is 5.97 Å². The van der Waals surface area contributed by atoms with E-state index < -0.39 is 5.97 Å². The third kappa shape index (κ3) is 17.3. The molecule has 0 saturated carbocycles. The van der Waals surface area contributed by atoms with Gasteiger partial charge in [-0.3, -0.25) is 4.79 Å². The van der Waals surface area contributed by atoms with Crippen LogP contribution in [-0.2, 0) is 4.79 Å². The van der Waals surface area contributed by atoms with Gasteiger partial charge in [0.15, 0.2) is 0 Å². The van der Waals surface area contributed by atoms with E-state index in [1.54, 1.807) is 11.8 Å². The van der Waals surface area contributed by atoms with Crippen LogP contribution in [0, 0.1) is 0 Å². The highest BCUT2D eigenvalue weighted by Gasteiger charge is 1.95. The number of carboxylic acid groups (broad SMARTS) is 1. The van der Waals surface area contributed by atoms with Crippen LogP contribution in [-0.4, -0.2) is 11.1 Å². The van der Waals surface area contributed by atoms with Gasteiger partial charge in [-0.2, -0.15) is 0 Å². The van der Waals surface area contributed by atoms with Crippen molar-refractivity contribution in [1.82, 2.24) is 0 Å². The lowest BCUT2D eigenvalue weighted by Crippen LogP contribution is -1.93. The lowest BCUT2D eigenvalue weighted by Gasteiger charge is -1.98. The first-order valence-electron chi connectivity index (χ1n) is 7.94. The Morgan fingerprint density at radius 1 is 0.900 bits per heavy atom. The fraction of sp³-hybridized carbons (Fsp3) is 0.706. The fourth-order valence-electron chi connectivity index (χ4n) is 1.87. The molecule has 20 heavy (non-hydrogen) atoms. The highest BCUT2D eigenvalue weighted by molar-refractivity contribution is 8.04. The molecule has 2 nitrogen and oxygen atoms in total. The Labute approximate surface area is 128 Å². The van der Waals surface area contributed by atoms with Gasteiger partial charge in [0.1, 0.15) is 0 Å². The Kier molecular flexibility index (Phi) is 15.8. The minimum absolute atomic E-state index is 0.321. The van der Waals surface area contributed by atoms with E-state index in [1.807, 2.05) is 0 Å². The Morgan fingerprint density at radius 2 is 1.45 bits per heavy atom. The molecule has 0 fully saturated rings. The number of rotatable bonds is 14. The molecule has 0 atom stereocenters. The standard InChI is InChI=1S/C17H30O2S/c1-2-3-4-9-12-15-20-16-13-10-7-5-6-8-11-14-17(18)19/h12-13,15-16H,2-11,14H2,1H3,(H,18,19)/b15-12+,16-13+. The van der Waals surface area contributed by atoms with Crippen LogP contribution < -0.4 is 0 Å².